The van der Waals surface area contributed by atoms with Gasteiger partial charge >= 0.3 is 0 Å². The molecule has 1 heterocycles. The molecule has 3 heteroatoms. The van der Waals surface area contributed by atoms with Gasteiger partial charge in [0.05, 0.1) is 0 Å². The van der Waals surface area contributed by atoms with Crippen molar-refractivity contribution in [3.8, 4) is 0 Å². The summed E-state index contributed by atoms with van der Waals surface area (Å²) < 4.78 is 0. The summed E-state index contributed by atoms with van der Waals surface area (Å²) in [5.41, 5.74) is -0.0338. The summed E-state index contributed by atoms with van der Waals surface area (Å²) >= 11 is 0. The molecule has 0 radical (unpaired) electrons. The second-order valence-electron chi connectivity index (χ2n) is 3.90. The number of hydrogen-bond acceptors (Lipinski definition) is 3. The fraction of sp³-hybridized carbons (Fsp3) is 0.875. The molecule has 2 saturated carbocycles. The van der Waals surface area contributed by atoms with Gasteiger partial charge in [0.1, 0.15) is 5.78 Å². The van der Waals surface area contributed by atoms with Gasteiger partial charge in [-0.3, -0.25) is 4.79 Å². The maximum atomic E-state index is 11.2. The highest BCUT2D eigenvalue weighted by Gasteiger charge is 2.61. The van der Waals surface area contributed by atoms with Crippen molar-refractivity contribution in [3.05, 3.63) is 0 Å². The van der Waals surface area contributed by atoms with Gasteiger partial charge in [-0.25, -0.2) is 0 Å². The van der Waals surface area contributed by atoms with Crippen molar-refractivity contribution < 1.29 is 4.79 Å². The minimum Gasteiger partial charge on any atom is -0.300 e. The molecule has 0 aromatic carbocycles. The molecule has 0 amide bonds. The van der Waals surface area contributed by atoms with Gasteiger partial charge in [-0.1, -0.05) is 0 Å². The van der Waals surface area contributed by atoms with E-state index in [2.05, 4.69) is 10.2 Å². The van der Waals surface area contributed by atoms with E-state index in [0.717, 1.165) is 12.8 Å². The molecule has 3 aliphatic rings. The minimum absolute atomic E-state index is 0.0338. The van der Waals surface area contributed by atoms with E-state index in [4.69, 9.17) is 0 Å². The van der Waals surface area contributed by atoms with E-state index in [1.54, 1.807) is 0 Å². The maximum absolute atomic E-state index is 11.2. The van der Waals surface area contributed by atoms with Crippen LogP contribution in [0, 0.1) is 11.8 Å². The molecule has 2 atom stereocenters. The van der Waals surface area contributed by atoms with Crippen molar-refractivity contribution >= 4 is 5.78 Å². The van der Waals surface area contributed by atoms with Gasteiger partial charge < -0.3 is 0 Å². The Labute approximate surface area is 64.9 Å². The van der Waals surface area contributed by atoms with Crippen molar-refractivity contribution in [2.45, 2.75) is 31.3 Å². The van der Waals surface area contributed by atoms with Gasteiger partial charge in [0, 0.05) is 24.7 Å². The Morgan fingerprint density at radius 1 is 1.18 bits per heavy atom. The first-order valence-electron chi connectivity index (χ1n) is 4.27. The molecule has 0 aromatic heterocycles. The summed E-state index contributed by atoms with van der Waals surface area (Å²) in [5, 5.41) is 8.25. The van der Waals surface area contributed by atoms with Crippen LogP contribution in [0.4, 0.5) is 0 Å². The lowest BCUT2D eigenvalue weighted by molar-refractivity contribution is -0.122. The van der Waals surface area contributed by atoms with Gasteiger partial charge in [0.2, 0.25) is 0 Å². The van der Waals surface area contributed by atoms with E-state index in [9.17, 15) is 4.79 Å². The lowest BCUT2D eigenvalue weighted by Crippen LogP contribution is -2.33. The minimum atomic E-state index is -0.0338. The number of nitrogens with zero attached hydrogens (tertiary/aromatic N) is 2. The zero-order valence-electron chi connectivity index (χ0n) is 6.29. The topological polar surface area (TPSA) is 41.8 Å². The summed E-state index contributed by atoms with van der Waals surface area (Å²) in [6, 6.07) is 0. The SMILES string of the molecule is O=C1CC2CCC(C1)C21N=N1. The molecule has 0 N–H and O–H groups in total. The molecular formula is C8H10N2O. The van der Waals surface area contributed by atoms with E-state index in [0.29, 0.717) is 17.6 Å². The average molecular weight is 150 g/mol. The predicted octanol–water partition coefficient (Wildman–Crippen LogP) is 1.54. The van der Waals surface area contributed by atoms with Crippen LogP contribution in [0.5, 0.6) is 0 Å². The molecule has 0 saturated heterocycles. The standard InChI is InChI=1S/C8H10N2O/c11-7-3-5-1-2-6(4-7)8(5)9-10-8/h5-6H,1-4H2. The van der Waals surface area contributed by atoms with Gasteiger partial charge in [0.15, 0.2) is 5.66 Å². The van der Waals surface area contributed by atoms with Crippen LogP contribution in [0.25, 0.3) is 0 Å². The van der Waals surface area contributed by atoms with Crippen LogP contribution in [-0.4, -0.2) is 11.4 Å². The normalized spacial score (nSPS) is 43.5. The van der Waals surface area contributed by atoms with Crippen molar-refractivity contribution in [1.82, 2.24) is 0 Å². The second-order valence-corrected chi connectivity index (χ2v) is 3.90. The number of carbonyl (C=O) groups excluding carboxylic acids is 1. The number of hydrogen-bond donors (Lipinski definition) is 0. The van der Waals surface area contributed by atoms with E-state index >= 15 is 0 Å². The smallest absolute Gasteiger partial charge is 0.197 e. The third-order valence-corrected chi connectivity index (χ3v) is 3.34. The predicted molar refractivity (Wildman–Crippen MR) is 38.0 cm³/mol. The summed E-state index contributed by atoms with van der Waals surface area (Å²) in [7, 11) is 0. The van der Waals surface area contributed by atoms with Crippen LogP contribution in [0.2, 0.25) is 0 Å². The number of Topliss-reactive ketones (excluding diaryl/α,β-unsaturated/α-hetero) is 1. The molecule has 58 valence electrons. The van der Waals surface area contributed by atoms with E-state index in [1.807, 2.05) is 0 Å². The highest BCUT2D eigenvalue weighted by atomic mass is 16.1. The highest BCUT2D eigenvalue weighted by molar-refractivity contribution is 5.81. The fourth-order valence-corrected chi connectivity index (χ4v) is 2.68. The van der Waals surface area contributed by atoms with Crippen molar-refractivity contribution in [3.63, 3.8) is 0 Å². The first-order chi connectivity index (χ1) is 5.31. The Hall–Kier alpha value is -0.730. The van der Waals surface area contributed by atoms with E-state index < -0.39 is 0 Å². The Bertz CT molecular complexity index is 235. The first-order valence-corrected chi connectivity index (χ1v) is 4.27. The zero-order chi connectivity index (χ0) is 7.47. The Morgan fingerprint density at radius 3 is 2.18 bits per heavy atom. The molecule has 2 bridgehead atoms. The molecule has 3 rings (SSSR count). The van der Waals surface area contributed by atoms with Crippen LogP contribution in [0.1, 0.15) is 25.7 Å². The molecular weight excluding hydrogens is 140 g/mol. The van der Waals surface area contributed by atoms with Crippen molar-refractivity contribution in [1.29, 1.82) is 0 Å². The largest absolute Gasteiger partial charge is 0.300 e. The first kappa shape index (κ1) is 5.86. The van der Waals surface area contributed by atoms with Gasteiger partial charge in [-0.15, -0.1) is 0 Å². The molecule has 3 nitrogen and oxygen atoms in total. The van der Waals surface area contributed by atoms with E-state index in [-0.39, 0.29) is 5.66 Å². The number of ketones is 1. The molecule has 11 heavy (non-hydrogen) atoms. The van der Waals surface area contributed by atoms with Crippen molar-refractivity contribution in [2.75, 3.05) is 0 Å². The van der Waals surface area contributed by atoms with Gasteiger partial charge in [-0.05, 0) is 12.8 Å². The van der Waals surface area contributed by atoms with Crippen LogP contribution in [-0.2, 0) is 4.79 Å². The van der Waals surface area contributed by atoms with Gasteiger partial charge in [-0.2, -0.15) is 10.2 Å². The fourth-order valence-electron chi connectivity index (χ4n) is 2.68. The van der Waals surface area contributed by atoms with Crippen LogP contribution in [0.15, 0.2) is 10.2 Å². The second kappa shape index (κ2) is 1.54. The Morgan fingerprint density at radius 2 is 1.73 bits per heavy atom. The molecule has 2 unspecified atom stereocenters. The Balaban J connectivity index is 1.96. The van der Waals surface area contributed by atoms with Gasteiger partial charge in [0.25, 0.3) is 0 Å². The molecule has 1 spiro atoms. The summed E-state index contributed by atoms with van der Waals surface area (Å²) in [6.07, 6.45) is 3.82. The highest BCUT2D eigenvalue weighted by Crippen LogP contribution is 2.57. The summed E-state index contributed by atoms with van der Waals surface area (Å²) in [6.45, 7) is 0. The van der Waals surface area contributed by atoms with Crippen LogP contribution < -0.4 is 0 Å². The Kier molecular flexibility index (Phi) is 0.822. The molecule has 1 aliphatic heterocycles. The summed E-state index contributed by atoms with van der Waals surface area (Å²) in [5.74, 6) is 1.39. The zero-order valence-corrected chi connectivity index (χ0v) is 6.29. The van der Waals surface area contributed by atoms with Crippen molar-refractivity contribution in [2.24, 2.45) is 22.1 Å². The average Bonchev–Trinajstić information content (AvgIpc) is 2.66. The van der Waals surface area contributed by atoms with Crippen LogP contribution in [0.3, 0.4) is 0 Å². The third-order valence-electron chi connectivity index (χ3n) is 3.34. The third kappa shape index (κ3) is 0.572. The lowest BCUT2D eigenvalue weighted by Gasteiger charge is -2.23. The number of carbonyl (C=O) groups is 1. The quantitative estimate of drug-likeness (QED) is 0.516. The molecule has 0 aromatic rings. The number of rotatable bonds is 0. The van der Waals surface area contributed by atoms with Crippen LogP contribution >= 0.6 is 0 Å². The molecule has 2 fully saturated rings. The maximum Gasteiger partial charge on any atom is 0.197 e. The lowest BCUT2D eigenvalue weighted by atomic mass is 9.80. The molecule has 2 aliphatic carbocycles. The van der Waals surface area contributed by atoms with E-state index in [1.165, 1.54) is 12.8 Å². The summed E-state index contributed by atoms with van der Waals surface area (Å²) in [4.78, 5) is 11.2. The monoisotopic (exact) mass is 150 g/mol.